The predicted octanol–water partition coefficient (Wildman–Crippen LogP) is 2.52. The van der Waals surface area contributed by atoms with Gasteiger partial charge in [-0.3, -0.25) is 19.8 Å². The Morgan fingerprint density at radius 2 is 1.69 bits per heavy atom. The number of hydrogen-bond acceptors (Lipinski definition) is 4. The van der Waals surface area contributed by atoms with E-state index in [1.807, 2.05) is 19.9 Å². The molecule has 0 spiro atoms. The summed E-state index contributed by atoms with van der Waals surface area (Å²) < 4.78 is 0. The highest BCUT2D eigenvalue weighted by molar-refractivity contribution is 6.30. The zero-order valence-corrected chi connectivity index (χ0v) is 15.1. The Labute approximate surface area is 156 Å². The molecule has 1 fully saturated rings. The molecule has 1 saturated heterocycles. The van der Waals surface area contributed by atoms with Gasteiger partial charge in [0.1, 0.15) is 6.04 Å². The first kappa shape index (κ1) is 18.1. The van der Waals surface area contributed by atoms with Crippen LogP contribution < -0.4 is 15.8 Å². The van der Waals surface area contributed by atoms with E-state index in [0.29, 0.717) is 16.3 Å². The Balaban J connectivity index is 1.69. The minimum atomic E-state index is -0.806. The molecule has 0 aromatic heterocycles. The lowest BCUT2D eigenvalue weighted by Gasteiger charge is -2.17. The van der Waals surface area contributed by atoms with Gasteiger partial charge >= 0.3 is 0 Å². The van der Waals surface area contributed by atoms with Gasteiger partial charge in [-0.2, -0.15) is 0 Å². The van der Waals surface area contributed by atoms with Crippen LogP contribution in [0.25, 0.3) is 0 Å². The van der Waals surface area contributed by atoms with E-state index in [1.54, 1.807) is 36.4 Å². The molecule has 134 valence electrons. The molecule has 6 nitrogen and oxygen atoms in total. The molecular formula is C19H18ClN3O3. The lowest BCUT2D eigenvalue weighted by atomic mass is 10.1. The highest BCUT2D eigenvalue weighted by Crippen LogP contribution is 2.25. The second-order valence-corrected chi connectivity index (χ2v) is 6.71. The van der Waals surface area contributed by atoms with Crippen molar-refractivity contribution in [1.82, 2.24) is 10.9 Å². The van der Waals surface area contributed by atoms with Crippen LogP contribution in [0, 0.1) is 13.8 Å². The molecule has 7 heteroatoms. The summed E-state index contributed by atoms with van der Waals surface area (Å²) in [5.74, 6) is -1.11. The lowest BCUT2D eigenvalue weighted by Crippen LogP contribution is -2.48. The third kappa shape index (κ3) is 3.76. The number of aryl methyl sites for hydroxylation is 2. The highest BCUT2D eigenvalue weighted by Gasteiger charge is 2.39. The monoisotopic (exact) mass is 371 g/mol. The molecule has 1 heterocycles. The maximum absolute atomic E-state index is 12.6. The summed E-state index contributed by atoms with van der Waals surface area (Å²) in [5.41, 5.74) is 8.01. The molecule has 0 saturated carbocycles. The van der Waals surface area contributed by atoms with Crippen LogP contribution in [0.15, 0.2) is 42.5 Å². The Kier molecular flexibility index (Phi) is 5.06. The minimum absolute atomic E-state index is 0.0211. The number of nitrogens with zero attached hydrogens (tertiary/aromatic N) is 1. The van der Waals surface area contributed by atoms with Crippen molar-refractivity contribution in [2.75, 3.05) is 4.90 Å². The van der Waals surface area contributed by atoms with Gasteiger partial charge < -0.3 is 0 Å². The van der Waals surface area contributed by atoms with Gasteiger partial charge in [-0.15, -0.1) is 0 Å². The number of carbonyl (C=O) groups is 3. The van der Waals surface area contributed by atoms with E-state index in [9.17, 15) is 14.4 Å². The SMILES string of the molecule is Cc1cc(C)cc(N2C(=O)C[C@H](NNC(=O)c3ccc(Cl)cc3)C2=O)c1. The van der Waals surface area contributed by atoms with E-state index in [2.05, 4.69) is 10.9 Å². The van der Waals surface area contributed by atoms with E-state index in [4.69, 9.17) is 11.6 Å². The molecule has 1 aliphatic heterocycles. The van der Waals surface area contributed by atoms with Crippen molar-refractivity contribution < 1.29 is 14.4 Å². The number of rotatable bonds is 4. The first-order valence-electron chi connectivity index (χ1n) is 8.11. The standard InChI is InChI=1S/C19H18ClN3O3/c1-11-7-12(2)9-15(8-11)23-17(24)10-16(19(23)26)21-22-18(25)13-3-5-14(20)6-4-13/h3-9,16,21H,10H2,1-2H3,(H,22,25)/t16-/m0/s1. The van der Waals surface area contributed by atoms with Gasteiger partial charge in [0.25, 0.3) is 11.8 Å². The van der Waals surface area contributed by atoms with Gasteiger partial charge in [0, 0.05) is 10.6 Å². The number of nitrogens with one attached hydrogen (secondary N) is 2. The van der Waals surface area contributed by atoms with Gasteiger partial charge in [-0.25, -0.2) is 10.3 Å². The van der Waals surface area contributed by atoms with Crippen LogP contribution in [0.1, 0.15) is 27.9 Å². The molecule has 0 unspecified atom stereocenters. The topological polar surface area (TPSA) is 78.5 Å². The zero-order valence-electron chi connectivity index (χ0n) is 14.4. The summed E-state index contributed by atoms with van der Waals surface area (Å²) in [6.07, 6.45) is -0.0211. The van der Waals surface area contributed by atoms with Crippen molar-refractivity contribution in [1.29, 1.82) is 0 Å². The first-order chi connectivity index (χ1) is 12.3. The molecule has 1 aliphatic rings. The maximum Gasteiger partial charge on any atom is 0.265 e. The fraction of sp³-hybridized carbons (Fsp3) is 0.211. The number of amides is 3. The van der Waals surface area contributed by atoms with Crippen molar-refractivity contribution in [3.05, 3.63) is 64.2 Å². The summed E-state index contributed by atoms with van der Waals surface area (Å²) in [6.45, 7) is 3.81. The normalized spacial score (nSPS) is 16.9. The molecule has 2 aromatic carbocycles. The number of hydrazine groups is 1. The second kappa shape index (κ2) is 7.27. The molecule has 0 bridgehead atoms. The third-order valence-corrected chi connectivity index (χ3v) is 4.33. The van der Waals surface area contributed by atoms with Crippen molar-refractivity contribution in [2.45, 2.75) is 26.3 Å². The van der Waals surface area contributed by atoms with Crippen molar-refractivity contribution >= 4 is 35.0 Å². The van der Waals surface area contributed by atoms with Crippen molar-refractivity contribution in [2.24, 2.45) is 0 Å². The number of hydrogen-bond donors (Lipinski definition) is 2. The molecule has 2 N–H and O–H groups in total. The van der Waals surface area contributed by atoms with Crippen LogP contribution in [0.2, 0.25) is 5.02 Å². The molecule has 1 atom stereocenters. The number of halogens is 1. The fourth-order valence-corrected chi connectivity index (χ4v) is 3.05. The average molecular weight is 372 g/mol. The van der Waals surface area contributed by atoms with Crippen LogP contribution in [0.5, 0.6) is 0 Å². The Morgan fingerprint density at radius 3 is 2.31 bits per heavy atom. The predicted molar refractivity (Wildman–Crippen MR) is 98.9 cm³/mol. The first-order valence-corrected chi connectivity index (χ1v) is 8.49. The Morgan fingerprint density at radius 1 is 1.08 bits per heavy atom. The van der Waals surface area contributed by atoms with Crippen LogP contribution in [0.3, 0.4) is 0 Å². The van der Waals surface area contributed by atoms with Gasteiger partial charge in [0.05, 0.1) is 12.1 Å². The number of benzene rings is 2. The van der Waals surface area contributed by atoms with E-state index in [0.717, 1.165) is 16.0 Å². The van der Waals surface area contributed by atoms with Gasteiger partial charge in [0.2, 0.25) is 5.91 Å². The van der Waals surface area contributed by atoms with Gasteiger partial charge in [-0.1, -0.05) is 17.7 Å². The minimum Gasteiger partial charge on any atom is -0.287 e. The summed E-state index contributed by atoms with van der Waals surface area (Å²) in [5, 5.41) is 0.523. The Hall–Kier alpha value is -2.70. The lowest BCUT2D eigenvalue weighted by molar-refractivity contribution is -0.121. The highest BCUT2D eigenvalue weighted by atomic mass is 35.5. The average Bonchev–Trinajstić information content (AvgIpc) is 2.86. The number of anilines is 1. The zero-order chi connectivity index (χ0) is 18.8. The van der Waals surface area contributed by atoms with E-state index >= 15 is 0 Å². The van der Waals surface area contributed by atoms with E-state index in [1.165, 1.54) is 0 Å². The smallest absolute Gasteiger partial charge is 0.265 e. The molecule has 26 heavy (non-hydrogen) atoms. The summed E-state index contributed by atoms with van der Waals surface area (Å²) in [6, 6.07) is 11.1. The van der Waals surface area contributed by atoms with Crippen LogP contribution >= 0.6 is 11.6 Å². The fourth-order valence-electron chi connectivity index (χ4n) is 2.92. The summed E-state index contributed by atoms with van der Waals surface area (Å²) in [7, 11) is 0. The molecule has 3 amide bonds. The quantitative estimate of drug-likeness (QED) is 0.639. The maximum atomic E-state index is 12.6. The molecule has 0 radical (unpaired) electrons. The Bertz CT molecular complexity index is 860. The molecular weight excluding hydrogens is 354 g/mol. The molecule has 3 rings (SSSR count). The van der Waals surface area contributed by atoms with Crippen molar-refractivity contribution in [3.8, 4) is 0 Å². The van der Waals surface area contributed by atoms with E-state index in [-0.39, 0.29) is 12.3 Å². The van der Waals surface area contributed by atoms with E-state index < -0.39 is 17.9 Å². The largest absolute Gasteiger partial charge is 0.287 e. The second-order valence-electron chi connectivity index (χ2n) is 6.28. The van der Waals surface area contributed by atoms with Crippen LogP contribution in [-0.4, -0.2) is 23.8 Å². The summed E-state index contributed by atoms with van der Waals surface area (Å²) in [4.78, 5) is 38.2. The molecule has 0 aliphatic carbocycles. The summed E-state index contributed by atoms with van der Waals surface area (Å²) >= 11 is 5.79. The van der Waals surface area contributed by atoms with Crippen LogP contribution in [-0.2, 0) is 9.59 Å². The van der Waals surface area contributed by atoms with Crippen molar-refractivity contribution in [3.63, 3.8) is 0 Å². The van der Waals surface area contributed by atoms with Crippen LogP contribution in [0.4, 0.5) is 5.69 Å². The molecule has 2 aromatic rings. The van der Waals surface area contributed by atoms with Gasteiger partial charge in [0.15, 0.2) is 0 Å². The van der Waals surface area contributed by atoms with Gasteiger partial charge in [-0.05, 0) is 61.4 Å². The third-order valence-electron chi connectivity index (χ3n) is 4.08. The number of carbonyl (C=O) groups excluding carboxylic acids is 3. The number of imide groups is 1.